The molecule has 2 saturated heterocycles. The van der Waals surface area contributed by atoms with Gasteiger partial charge in [-0.1, -0.05) is 67.0 Å². The molecule has 0 aromatic heterocycles. The van der Waals surface area contributed by atoms with Crippen molar-refractivity contribution >= 4 is 0 Å². The van der Waals surface area contributed by atoms with Crippen LogP contribution in [0.3, 0.4) is 0 Å². The van der Waals surface area contributed by atoms with Crippen molar-refractivity contribution in [1.82, 2.24) is 0 Å². The van der Waals surface area contributed by atoms with Gasteiger partial charge in [0.1, 0.15) is 23.7 Å². The molecule has 206 valence electrons. The second-order valence-corrected chi connectivity index (χ2v) is 12.7. The van der Waals surface area contributed by atoms with Crippen molar-refractivity contribution in [2.24, 2.45) is 0 Å². The SMILES string of the molecule is C(OCC1CO1)C1CO1.CCCC(c1cc(C(C)(C)C)c(O)cc1C)c1cc(C(C)(C)C)c(O)cc1C. The fraction of sp³-hybridized carbons (Fsp3) is 0.625. The third kappa shape index (κ3) is 8.20. The number of ether oxygens (including phenoxy) is 3. The van der Waals surface area contributed by atoms with Crippen LogP contribution in [0.4, 0.5) is 0 Å². The van der Waals surface area contributed by atoms with Gasteiger partial charge in [-0.2, -0.15) is 0 Å². The maximum absolute atomic E-state index is 10.5. The van der Waals surface area contributed by atoms with E-state index in [1.807, 2.05) is 12.1 Å². The Kier molecular flexibility index (Phi) is 9.36. The van der Waals surface area contributed by atoms with Crippen LogP contribution >= 0.6 is 0 Å². The molecule has 2 N–H and O–H groups in total. The van der Waals surface area contributed by atoms with Crippen LogP contribution < -0.4 is 0 Å². The van der Waals surface area contributed by atoms with Gasteiger partial charge in [-0.25, -0.2) is 0 Å². The molecule has 0 radical (unpaired) electrons. The Bertz CT molecular complexity index is 971. The number of phenolic OH excluding ortho intramolecular Hbond substituents is 2. The van der Waals surface area contributed by atoms with Gasteiger partial charge in [0.15, 0.2) is 0 Å². The van der Waals surface area contributed by atoms with E-state index in [4.69, 9.17) is 14.2 Å². The minimum atomic E-state index is -0.121. The molecular formula is C32H48O5. The lowest BCUT2D eigenvalue weighted by atomic mass is 9.76. The predicted molar refractivity (Wildman–Crippen MR) is 150 cm³/mol. The second-order valence-electron chi connectivity index (χ2n) is 12.7. The highest BCUT2D eigenvalue weighted by Gasteiger charge is 2.28. The number of hydrogen-bond donors (Lipinski definition) is 2. The molecule has 4 rings (SSSR count). The van der Waals surface area contributed by atoms with E-state index in [1.54, 1.807) is 0 Å². The fourth-order valence-corrected chi connectivity index (χ4v) is 4.80. The zero-order valence-corrected chi connectivity index (χ0v) is 24.4. The molecule has 2 aliphatic heterocycles. The zero-order valence-electron chi connectivity index (χ0n) is 24.4. The molecule has 5 nitrogen and oxygen atoms in total. The number of aryl methyl sites for hydroxylation is 2. The summed E-state index contributed by atoms with van der Waals surface area (Å²) in [7, 11) is 0. The van der Waals surface area contributed by atoms with Crippen molar-refractivity contribution in [2.45, 2.75) is 104 Å². The molecule has 0 amide bonds. The van der Waals surface area contributed by atoms with Crippen LogP contribution in [-0.2, 0) is 25.0 Å². The Balaban J connectivity index is 0.000000349. The first-order chi connectivity index (χ1) is 17.2. The van der Waals surface area contributed by atoms with Gasteiger partial charge in [0.2, 0.25) is 0 Å². The van der Waals surface area contributed by atoms with Crippen molar-refractivity contribution in [1.29, 1.82) is 0 Å². The molecule has 2 unspecified atom stereocenters. The third-order valence-electron chi connectivity index (χ3n) is 7.13. The Hall–Kier alpha value is -2.08. The molecule has 2 aromatic rings. The number of phenols is 2. The number of rotatable bonds is 8. The average molecular weight is 513 g/mol. The van der Waals surface area contributed by atoms with Crippen molar-refractivity contribution in [2.75, 3.05) is 26.4 Å². The monoisotopic (exact) mass is 512 g/mol. The van der Waals surface area contributed by atoms with E-state index >= 15 is 0 Å². The molecule has 37 heavy (non-hydrogen) atoms. The number of aromatic hydroxyl groups is 2. The van der Waals surface area contributed by atoms with Gasteiger partial charge in [-0.3, -0.25) is 0 Å². The molecule has 2 aliphatic rings. The highest BCUT2D eigenvalue weighted by Crippen LogP contribution is 2.42. The molecule has 0 aliphatic carbocycles. The lowest BCUT2D eigenvalue weighted by molar-refractivity contribution is 0.102. The molecule has 0 saturated carbocycles. The van der Waals surface area contributed by atoms with E-state index in [0.29, 0.717) is 23.7 Å². The first kappa shape index (κ1) is 29.5. The van der Waals surface area contributed by atoms with Crippen LogP contribution in [0.5, 0.6) is 11.5 Å². The molecule has 2 fully saturated rings. The number of hydrogen-bond acceptors (Lipinski definition) is 5. The van der Waals surface area contributed by atoms with E-state index in [1.165, 1.54) is 11.1 Å². The largest absolute Gasteiger partial charge is 0.508 e. The van der Waals surface area contributed by atoms with Gasteiger partial charge in [-0.05, 0) is 76.6 Å². The minimum absolute atomic E-state index is 0.121. The normalized spacial score (nSPS) is 19.0. The summed E-state index contributed by atoms with van der Waals surface area (Å²) in [5.74, 6) is 0.997. The van der Waals surface area contributed by atoms with Gasteiger partial charge in [0.25, 0.3) is 0 Å². The van der Waals surface area contributed by atoms with Crippen molar-refractivity contribution in [3.8, 4) is 11.5 Å². The Morgan fingerprint density at radius 3 is 1.46 bits per heavy atom. The first-order valence-corrected chi connectivity index (χ1v) is 13.7. The number of benzene rings is 2. The topological polar surface area (TPSA) is 74.8 Å². The summed E-state index contributed by atoms with van der Waals surface area (Å²) in [6, 6.07) is 8.24. The number of epoxide rings is 2. The Morgan fingerprint density at radius 2 is 1.16 bits per heavy atom. The van der Waals surface area contributed by atoms with Gasteiger partial charge >= 0.3 is 0 Å². The smallest absolute Gasteiger partial charge is 0.119 e. The van der Waals surface area contributed by atoms with Crippen LogP contribution in [0.15, 0.2) is 24.3 Å². The Morgan fingerprint density at radius 1 is 0.784 bits per heavy atom. The van der Waals surface area contributed by atoms with Crippen molar-refractivity contribution < 1.29 is 24.4 Å². The van der Waals surface area contributed by atoms with Gasteiger partial charge in [-0.15, -0.1) is 0 Å². The quantitative estimate of drug-likeness (QED) is 0.371. The van der Waals surface area contributed by atoms with Gasteiger partial charge in [0.05, 0.1) is 26.4 Å². The van der Waals surface area contributed by atoms with E-state index in [-0.39, 0.29) is 16.7 Å². The summed E-state index contributed by atoms with van der Waals surface area (Å²) in [5, 5.41) is 21.1. The van der Waals surface area contributed by atoms with Crippen molar-refractivity contribution in [3.05, 3.63) is 57.6 Å². The van der Waals surface area contributed by atoms with Crippen molar-refractivity contribution in [3.63, 3.8) is 0 Å². The summed E-state index contributed by atoms with van der Waals surface area (Å²) in [6.07, 6.45) is 2.89. The molecular weight excluding hydrogens is 464 g/mol. The average Bonchev–Trinajstić information content (AvgIpc) is 3.68. The first-order valence-electron chi connectivity index (χ1n) is 13.7. The lowest BCUT2D eigenvalue weighted by Crippen LogP contribution is -2.16. The maximum Gasteiger partial charge on any atom is 0.119 e. The highest BCUT2D eigenvalue weighted by atomic mass is 16.6. The van der Waals surface area contributed by atoms with Crippen LogP contribution in [0.1, 0.15) is 101 Å². The summed E-state index contributed by atoms with van der Waals surface area (Å²) < 4.78 is 15.1. The van der Waals surface area contributed by atoms with Crippen LogP contribution in [0.2, 0.25) is 0 Å². The summed E-state index contributed by atoms with van der Waals surface area (Å²) in [5.41, 5.74) is 6.52. The molecule has 2 aromatic carbocycles. The predicted octanol–water partition coefficient (Wildman–Crippen LogP) is 7.04. The standard InChI is InChI=1S/C26H38O2.C6H10O3/c1-10-11-18(19-14-21(25(4,5)6)23(27)12-16(19)2)20-15-22(26(7,8)9)24(28)13-17(20)3;1(5-3-8-5)7-2-6-4-9-6/h12-15,18,27-28H,10-11H2,1-9H3;5-6H,1-4H2. The zero-order chi connectivity index (χ0) is 27.5. The van der Waals surface area contributed by atoms with E-state index in [9.17, 15) is 10.2 Å². The van der Waals surface area contributed by atoms with Crippen LogP contribution in [0, 0.1) is 13.8 Å². The maximum atomic E-state index is 10.5. The second kappa shape index (κ2) is 11.8. The van der Waals surface area contributed by atoms with E-state index in [0.717, 1.165) is 61.5 Å². The summed E-state index contributed by atoms with van der Waals surface area (Å²) in [6.45, 7) is 22.5. The summed E-state index contributed by atoms with van der Waals surface area (Å²) in [4.78, 5) is 0. The molecule has 2 atom stereocenters. The lowest BCUT2D eigenvalue weighted by Gasteiger charge is -2.29. The molecule has 0 spiro atoms. The van der Waals surface area contributed by atoms with Crippen LogP contribution in [0.25, 0.3) is 0 Å². The highest BCUT2D eigenvalue weighted by molar-refractivity contribution is 5.52. The molecule has 0 bridgehead atoms. The molecule has 2 heterocycles. The fourth-order valence-electron chi connectivity index (χ4n) is 4.80. The van der Waals surface area contributed by atoms with E-state index < -0.39 is 0 Å². The van der Waals surface area contributed by atoms with Gasteiger partial charge < -0.3 is 24.4 Å². The third-order valence-corrected chi connectivity index (χ3v) is 7.13. The van der Waals surface area contributed by atoms with E-state index in [2.05, 4.69) is 74.4 Å². The Labute approximate surface area is 224 Å². The van der Waals surface area contributed by atoms with Crippen LogP contribution in [-0.4, -0.2) is 48.8 Å². The molecule has 5 heteroatoms. The minimum Gasteiger partial charge on any atom is -0.508 e. The summed E-state index contributed by atoms with van der Waals surface area (Å²) >= 11 is 0. The van der Waals surface area contributed by atoms with Gasteiger partial charge in [0, 0.05) is 5.92 Å².